The van der Waals surface area contributed by atoms with Gasteiger partial charge in [0.25, 0.3) is 0 Å². The van der Waals surface area contributed by atoms with Crippen LogP contribution < -0.4 is 5.73 Å². The fourth-order valence-corrected chi connectivity index (χ4v) is 2.65. The van der Waals surface area contributed by atoms with Crippen LogP contribution in [0, 0.1) is 11.8 Å². The molecule has 17 heavy (non-hydrogen) atoms. The van der Waals surface area contributed by atoms with Crippen molar-refractivity contribution in [2.75, 3.05) is 19.6 Å². The highest BCUT2D eigenvalue weighted by Crippen LogP contribution is 2.32. The largest absolute Gasteiger partial charge is 0.401 e. The third-order valence-corrected chi connectivity index (χ3v) is 3.70. The van der Waals surface area contributed by atoms with E-state index in [1.165, 1.54) is 4.90 Å². The first-order valence-corrected chi connectivity index (χ1v) is 6.34. The van der Waals surface area contributed by atoms with Crippen LogP contribution in [0.4, 0.5) is 13.2 Å². The number of halogens is 3. The van der Waals surface area contributed by atoms with Crippen LogP contribution in [0.15, 0.2) is 0 Å². The summed E-state index contributed by atoms with van der Waals surface area (Å²) in [7, 11) is 0. The van der Waals surface area contributed by atoms with Crippen molar-refractivity contribution in [1.82, 2.24) is 4.90 Å². The van der Waals surface area contributed by atoms with Crippen LogP contribution >= 0.6 is 0 Å². The molecule has 1 fully saturated rings. The van der Waals surface area contributed by atoms with Crippen molar-refractivity contribution in [3.8, 4) is 0 Å². The zero-order valence-electron chi connectivity index (χ0n) is 10.6. The Bertz CT molecular complexity index is 228. The Balaban J connectivity index is 2.54. The highest BCUT2D eigenvalue weighted by molar-refractivity contribution is 4.82. The van der Waals surface area contributed by atoms with Gasteiger partial charge in [0.2, 0.25) is 0 Å². The third-order valence-electron chi connectivity index (χ3n) is 3.70. The van der Waals surface area contributed by atoms with E-state index in [-0.39, 0.29) is 6.04 Å². The molecule has 5 heteroatoms. The molecule has 0 radical (unpaired) electrons. The van der Waals surface area contributed by atoms with Crippen LogP contribution in [0.3, 0.4) is 0 Å². The van der Waals surface area contributed by atoms with Gasteiger partial charge in [0.05, 0.1) is 6.54 Å². The van der Waals surface area contributed by atoms with Crippen LogP contribution in [0.5, 0.6) is 0 Å². The molecular formula is C12H23F3N2. The highest BCUT2D eigenvalue weighted by Gasteiger charge is 2.35. The number of hydrogen-bond donors (Lipinski definition) is 1. The lowest BCUT2D eigenvalue weighted by atomic mass is 9.95. The third kappa shape index (κ3) is 4.84. The highest BCUT2D eigenvalue weighted by atomic mass is 19.4. The Hall–Kier alpha value is -0.290. The topological polar surface area (TPSA) is 29.3 Å². The van der Waals surface area contributed by atoms with E-state index in [0.717, 1.165) is 19.3 Å². The first-order valence-electron chi connectivity index (χ1n) is 6.34. The van der Waals surface area contributed by atoms with Crippen LogP contribution in [-0.2, 0) is 0 Å². The number of nitrogens with two attached hydrogens (primary N) is 1. The van der Waals surface area contributed by atoms with Gasteiger partial charge in [-0.3, -0.25) is 4.90 Å². The molecule has 2 nitrogen and oxygen atoms in total. The van der Waals surface area contributed by atoms with Crippen LogP contribution in [0.25, 0.3) is 0 Å². The molecule has 0 amide bonds. The zero-order chi connectivity index (χ0) is 13.1. The minimum Gasteiger partial charge on any atom is -0.330 e. The summed E-state index contributed by atoms with van der Waals surface area (Å²) in [5.41, 5.74) is 5.66. The Labute approximate surface area is 101 Å². The van der Waals surface area contributed by atoms with E-state index >= 15 is 0 Å². The summed E-state index contributed by atoms with van der Waals surface area (Å²) in [6, 6.07) is -0.0735. The Morgan fingerprint density at radius 2 is 1.82 bits per heavy atom. The van der Waals surface area contributed by atoms with Gasteiger partial charge in [-0.1, -0.05) is 6.42 Å². The second kappa shape index (κ2) is 6.05. The SMILES string of the molecule is CC(C)N(CC1CCCC1CN)CC(F)(F)F. The summed E-state index contributed by atoms with van der Waals surface area (Å²) < 4.78 is 37.4. The predicted molar refractivity (Wildman–Crippen MR) is 62.6 cm³/mol. The lowest BCUT2D eigenvalue weighted by Crippen LogP contribution is -2.43. The predicted octanol–water partition coefficient (Wildman–Crippen LogP) is 2.63. The molecule has 1 aliphatic carbocycles. The van der Waals surface area contributed by atoms with Crippen LogP contribution in [0.2, 0.25) is 0 Å². The molecule has 102 valence electrons. The molecule has 2 atom stereocenters. The molecular weight excluding hydrogens is 229 g/mol. The zero-order valence-corrected chi connectivity index (χ0v) is 10.6. The molecule has 0 heterocycles. The Morgan fingerprint density at radius 1 is 1.24 bits per heavy atom. The minimum absolute atomic E-state index is 0.0735. The molecule has 0 spiro atoms. The van der Waals surface area contributed by atoms with Crippen molar-refractivity contribution < 1.29 is 13.2 Å². The second-order valence-corrected chi connectivity index (χ2v) is 5.33. The van der Waals surface area contributed by atoms with Gasteiger partial charge in [-0.05, 0) is 45.1 Å². The molecule has 0 saturated heterocycles. The van der Waals surface area contributed by atoms with E-state index in [1.807, 2.05) is 13.8 Å². The molecule has 2 N–H and O–H groups in total. The number of alkyl halides is 3. The minimum atomic E-state index is -4.11. The van der Waals surface area contributed by atoms with Gasteiger partial charge >= 0.3 is 6.18 Å². The van der Waals surface area contributed by atoms with Crippen molar-refractivity contribution in [2.24, 2.45) is 17.6 Å². The lowest BCUT2D eigenvalue weighted by molar-refractivity contribution is -0.151. The summed E-state index contributed by atoms with van der Waals surface area (Å²) in [6.07, 6.45) is -0.923. The van der Waals surface area contributed by atoms with E-state index in [1.54, 1.807) is 0 Å². The second-order valence-electron chi connectivity index (χ2n) is 5.33. The maximum absolute atomic E-state index is 12.5. The van der Waals surface area contributed by atoms with E-state index in [0.29, 0.717) is 24.9 Å². The number of nitrogens with zero attached hydrogens (tertiary/aromatic N) is 1. The van der Waals surface area contributed by atoms with E-state index < -0.39 is 12.7 Å². The Kier molecular flexibility index (Phi) is 5.25. The van der Waals surface area contributed by atoms with Crippen molar-refractivity contribution in [3.05, 3.63) is 0 Å². The van der Waals surface area contributed by atoms with E-state index in [4.69, 9.17) is 5.73 Å². The monoisotopic (exact) mass is 252 g/mol. The maximum Gasteiger partial charge on any atom is 0.401 e. The molecule has 0 aliphatic heterocycles. The quantitative estimate of drug-likeness (QED) is 0.815. The standard InChI is InChI=1S/C12H23F3N2/c1-9(2)17(8-12(13,14)15)7-11-5-3-4-10(11)6-16/h9-11H,3-8,16H2,1-2H3. The molecule has 1 aliphatic rings. The van der Waals surface area contributed by atoms with Gasteiger partial charge in [-0.15, -0.1) is 0 Å². The van der Waals surface area contributed by atoms with Gasteiger partial charge in [0, 0.05) is 12.6 Å². The lowest BCUT2D eigenvalue weighted by Gasteiger charge is -2.31. The van der Waals surface area contributed by atoms with Crippen molar-refractivity contribution in [2.45, 2.75) is 45.3 Å². The van der Waals surface area contributed by atoms with Crippen molar-refractivity contribution >= 4 is 0 Å². The fraction of sp³-hybridized carbons (Fsp3) is 1.00. The van der Waals surface area contributed by atoms with E-state index in [2.05, 4.69) is 0 Å². The summed E-state index contributed by atoms with van der Waals surface area (Å²) in [6.45, 7) is 3.95. The van der Waals surface area contributed by atoms with Gasteiger partial charge in [-0.2, -0.15) is 13.2 Å². The average Bonchev–Trinajstić information content (AvgIpc) is 2.62. The summed E-state index contributed by atoms with van der Waals surface area (Å²) in [5.74, 6) is 0.745. The summed E-state index contributed by atoms with van der Waals surface area (Å²) in [4.78, 5) is 1.53. The number of rotatable bonds is 5. The van der Waals surface area contributed by atoms with Gasteiger partial charge in [0.1, 0.15) is 0 Å². The molecule has 0 aromatic heterocycles. The first-order chi connectivity index (χ1) is 7.83. The molecule has 2 unspecified atom stereocenters. The maximum atomic E-state index is 12.5. The summed E-state index contributed by atoms with van der Waals surface area (Å²) in [5, 5.41) is 0. The molecule has 1 rings (SSSR count). The number of hydrogen-bond acceptors (Lipinski definition) is 2. The van der Waals surface area contributed by atoms with Crippen LogP contribution in [0.1, 0.15) is 33.1 Å². The average molecular weight is 252 g/mol. The van der Waals surface area contributed by atoms with Crippen molar-refractivity contribution in [3.63, 3.8) is 0 Å². The smallest absolute Gasteiger partial charge is 0.330 e. The van der Waals surface area contributed by atoms with Crippen molar-refractivity contribution in [1.29, 1.82) is 0 Å². The van der Waals surface area contributed by atoms with E-state index in [9.17, 15) is 13.2 Å². The summed E-state index contributed by atoms with van der Waals surface area (Å²) >= 11 is 0. The van der Waals surface area contributed by atoms with Gasteiger partial charge < -0.3 is 5.73 Å². The van der Waals surface area contributed by atoms with Crippen LogP contribution in [-0.4, -0.2) is 36.8 Å². The normalized spacial score (nSPS) is 26.1. The Morgan fingerprint density at radius 3 is 2.29 bits per heavy atom. The fourth-order valence-electron chi connectivity index (χ4n) is 2.65. The van der Waals surface area contributed by atoms with Gasteiger partial charge in [-0.25, -0.2) is 0 Å². The first kappa shape index (κ1) is 14.8. The molecule has 0 aromatic carbocycles. The molecule has 0 bridgehead atoms. The van der Waals surface area contributed by atoms with Gasteiger partial charge in [0.15, 0.2) is 0 Å². The molecule has 1 saturated carbocycles. The molecule has 0 aromatic rings.